The van der Waals surface area contributed by atoms with Crippen LogP contribution in [0.1, 0.15) is 32.6 Å². The Morgan fingerprint density at radius 3 is 2.46 bits per heavy atom. The second kappa shape index (κ2) is 7.31. The van der Waals surface area contributed by atoms with E-state index in [1.807, 2.05) is 67.6 Å². The number of fused-ring (bicyclic) bond motifs is 1. The van der Waals surface area contributed by atoms with Crippen LogP contribution in [0.5, 0.6) is 0 Å². The van der Waals surface area contributed by atoms with E-state index in [0.717, 1.165) is 27.8 Å². The summed E-state index contributed by atoms with van der Waals surface area (Å²) < 4.78 is 5.92. The van der Waals surface area contributed by atoms with Crippen molar-refractivity contribution in [3.8, 4) is 11.5 Å². The van der Waals surface area contributed by atoms with Gasteiger partial charge < -0.3 is 9.73 Å². The van der Waals surface area contributed by atoms with Gasteiger partial charge in [-0.25, -0.2) is 4.98 Å². The second-order valence-corrected chi connectivity index (χ2v) is 7.17. The van der Waals surface area contributed by atoms with Gasteiger partial charge in [-0.2, -0.15) is 0 Å². The van der Waals surface area contributed by atoms with Crippen LogP contribution in [-0.2, 0) is 6.54 Å². The molecule has 4 nitrogen and oxygen atoms in total. The molecule has 0 bridgehead atoms. The minimum atomic E-state index is -0.0718. The van der Waals surface area contributed by atoms with Gasteiger partial charge >= 0.3 is 0 Å². The van der Waals surface area contributed by atoms with Gasteiger partial charge in [0.1, 0.15) is 5.52 Å². The summed E-state index contributed by atoms with van der Waals surface area (Å²) >= 11 is 0. The van der Waals surface area contributed by atoms with E-state index in [-0.39, 0.29) is 5.91 Å². The topological polar surface area (TPSA) is 55.1 Å². The molecule has 28 heavy (non-hydrogen) atoms. The molecule has 4 aromatic rings. The zero-order valence-corrected chi connectivity index (χ0v) is 16.2. The molecule has 1 N–H and O–H groups in total. The lowest BCUT2D eigenvalue weighted by molar-refractivity contribution is 0.0951. The van der Waals surface area contributed by atoms with Crippen molar-refractivity contribution in [3.63, 3.8) is 0 Å². The Hall–Kier alpha value is -3.40. The molecule has 1 amide bonds. The second-order valence-electron chi connectivity index (χ2n) is 7.17. The maximum absolute atomic E-state index is 12.3. The van der Waals surface area contributed by atoms with Gasteiger partial charge in [-0.3, -0.25) is 4.79 Å². The number of aryl methyl sites for hydroxylation is 3. The molecule has 4 rings (SSSR count). The van der Waals surface area contributed by atoms with Gasteiger partial charge in [0.15, 0.2) is 5.58 Å². The molecule has 0 fully saturated rings. The number of nitrogens with zero attached hydrogens (tertiary/aromatic N) is 1. The number of hydrogen-bond acceptors (Lipinski definition) is 3. The van der Waals surface area contributed by atoms with Gasteiger partial charge in [0.05, 0.1) is 0 Å². The molecule has 0 aliphatic carbocycles. The summed E-state index contributed by atoms with van der Waals surface area (Å²) in [5.74, 6) is 0.535. The van der Waals surface area contributed by atoms with Gasteiger partial charge in [0, 0.05) is 17.7 Å². The van der Waals surface area contributed by atoms with Gasteiger partial charge in [0.2, 0.25) is 5.89 Å². The van der Waals surface area contributed by atoms with Crippen molar-refractivity contribution in [1.82, 2.24) is 10.3 Å². The molecule has 0 saturated carbocycles. The monoisotopic (exact) mass is 370 g/mol. The van der Waals surface area contributed by atoms with E-state index in [9.17, 15) is 4.79 Å². The van der Waals surface area contributed by atoms with Gasteiger partial charge in [-0.15, -0.1) is 0 Å². The van der Waals surface area contributed by atoms with E-state index >= 15 is 0 Å². The van der Waals surface area contributed by atoms with Crippen LogP contribution < -0.4 is 5.32 Å². The quantitative estimate of drug-likeness (QED) is 0.527. The predicted molar refractivity (Wildman–Crippen MR) is 111 cm³/mol. The van der Waals surface area contributed by atoms with E-state index in [0.29, 0.717) is 18.0 Å². The first kappa shape index (κ1) is 18.0. The minimum absolute atomic E-state index is 0.0718. The average molecular weight is 370 g/mol. The predicted octanol–water partition coefficient (Wildman–Crippen LogP) is 5.35. The van der Waals surface area contributed by atoms with E-state index in [4.69, 9.17) is 4.42 Å². The molecule has 0 saturated heterocycles. The highest BCUT2D eigenvalue weighted by Crippen LogP contribution is 2.26. The van der Waals surface area contributed by atoms with E-state index in [1.165, 1.54) is 11.1 Å². The summed E-state index contributed by atoms with van der Waals surface area (Å²) in [5.41, 5.74) is 7.74. The first-order valence-electron chi connectivity index (χ1n) is 9.31. The number of oxazole rings is 1. The zero-order valence-electron chi connectivity index (χ0n) is 16.2. The molecule has 4 heteroatoms. The lowest BCUT2D eigenvalue weighted by Crippen LogP contribution is -2.22. The van der Waals surface area contributed by atoms with Crippen LogP contribution >= 0.6 is 0 Å². The van der Waals surface area contributed by atoms with Crippen LogP contribution in [0.4, 0.5) is 0 Å². The summed E-state index contributed by atoms with van der Waals surface area (Å²) in [6.45, 7) is 6.59. The fourth-order valence-corrected chi connectivity index (χ4v) is 3.14. The van der Waals surface area contributed by atoms with Crippen LogP contribution in [-0.4, -0.2) is 10.9 Å². The van der Waals surface area contributed by atoms with Crippen molar-refractivity contribution in [2.75, 3.05) is 0 Å². The SMILES string of the molecule is Cc1cccc(C(=O)NCc2ccc(-c3nc4cc(C)c(C)cc4o3)cc2)c1. The van der Waals surface area contributed by atoms with Crippen LogP contribution in [0, 0.1) is 20.8 Å². The van der Waals surface area contributed by atoms with E-state index in [1.54, 1.807) is 0 Å². The Labute approximate surface area is 164 Å². The summed E-state index contributed by atoms with van der Waals surface area (Å²) in [6.07, 6.45) is 0. The summed E-state index contributed by atoms with van der Waals surface area (Å²) in [6, 6.07) is 19.6. The number of carbonyl (C=O) groups is 1. The summed E-state index contributed by atoms with van der Waals surface area (Å²) in [7, 11) is 0. The highest BCUT2D eigenvalue weighted by molar-refractivity contribution is 5.94. The maximum Gasteiger partial charge on any atom is 0.251 e. The number of carbonyl (C=O) groups excluding carboxylic acids is 1. The first-order chi connectivity index (χ1) is 13.5. The van der Waals surface area contributed by atoms with Gasteiger partial charge in [0.25, 0.3) is 5.91 Å². The Kier molecular flexibility index (Phi) is 4.70. The minimum Gasteiger partial charge on any atom is -0.436 e. The third-order valence-corrected chi connectivity index (χ3v) is 4.94. The maximum atomic E-state index is 12.3. The van der Waals surface area contributed by atoms with Crippen molar-refractivity contribution in [2.45, 2.75) is 27.3 Å². The molecule has 0 unspecified atom stereocenters. The summed E-state index contributed by atoms with van der Waals surface area (Å²) in [4.78, 5) is 16.9. The molecule has 0 aliphatic heterocycles. The van der Waals surface area contributed by atoms with Crippen molar-refractivity contribution in [3.05, 3.63) is 88.5 Å². The van der Waals surface area contributed by atoms with Gasteiger partial charge in [-0.1, -0.05) is 29.8 Å². The van der Waals surface area contributed by atoms with Crippen molar-refractivity contribution >= 4 is 17.0 Å². The molecular weight excluding hydrogens is 348 g/mol. The normalized spacial score (nSPS) is 11.0. The number of aromatic nitrogens is 1. The molecule has 3 aromatic carbocycles. The largest absolute Gasteiger partial charge is 0.436 e. The smallest absolute Gasteiger partial charge is 0.251 e. The number of rotatable bonds is 4. The Bertz CT molecular complexity index is 1120. The van der Waals surface area contributed by atoms with E-state index in [2.05, 4.69) is 24.1 Å². The third kappa shape index (κ3) is 3.67. The molecule has 0 aliphatic rings. The number of benzene rings is 3. The Morgan fingerprint density at radius 1 is 0.964 bits per heavy atom. The highest BCUT2D eigenvalue weighted by Gasteiger charge is 2.10. The van der Waals surface area contributed by atoms with Gasteiger partial charge in [-0.05, 0) is 73.9 Å². The molecule has 140 valence electrons. The number of hydrogen-bond donors (Lipinski definition) is 1. The fraction of sp³-hybridized carbons (Fsp3) is 0.167. The van der Waals surface area contributed by atoms with Crippen LogP contribution in [0.15, 0.2) is 65.1 Å². The van der Waals surface area contributed by atoms with Crippen LogP contribution in [0.25, 0.3) is 22.6 Å². The standard InChI is InChI=1S/C24H22N2O2/c1-15-5-4-6-20(11-15)23(27)25-14-18-7-9-19(10-8-18)24-26-21-12-16(2)17(3)13-22(21)28-24/h4-13H,14H2,1-3H3,(H,25,27). The van der Waals surface area contributed by atoms with E-state index < -0.39 is 0 Å². The Morgan fingerprint density at radius 2 is 1.71 bits per heavy atom. The molecule has 1 aromatic heterocycles. The average Bonchev–Trinajstić information content (AvgIpc) is 3.09. The lowest BCUT2D eigenvalue weighted by atomic mass is 10.1. The Balaban J connectivity index is 1.47. The van der Waals surface area contributed by atoms with Crippen LogP contribution in [0.2, 0.25) is 0 Å². The fourth-order valence-electron chi connectivity index (χ4n) is 3.14. The zero-order chi connectivity index (χ0) is 19.7. The number of amides is 1. The molecule has 0 atom stereocenters. The first-order valence-corrected chi connectivity index (χ1v) is 9.31. The summed E-state index contributed by atoms with van der Waals surface area (Å²) in [5, 5.41) is 2.96. The third-order valence-electron chi connectivity index (χ3n) is 4.94. The van der Waals surface area contributed by atoms with Crippen molar-refractivity contribution < 1.29 is 9.21 Å². The molecule has 1 heterocycles. The number of nitrogens with one attached hydrogen (secondary N) is 1. The van der Waals surface area contributed by atoms with Crippen LogP contribution in [0.3, 0.4) is 0 Å². The molecule has 0 spiro atoms. The molecular formula is C24H22N2O2. The molecule has 0 radical (unpaired) electrons. The van der Waals surface area contributed by atoms with Crippen molar-refractivity contribution in [2.24, 2.45) is 0 Å². The lowest BCUT2D eigenvalue weighted by Gasteiger charge is -2.06. The van der Waals surface area contributed by atoms with Crippen molar-refractivity contribution in [1.29, 1.82) is 0 Å². The highest BCUT2D eigenvalue weighted by atomic mass is 16.3.